The van der Waals surface area contributed by atoms with Gasteiger partial charge in [0, 0.05) is 41.5 Å². The van der Waals surface area contributed by atoms with Crippen LogP contribution in [0.25, 0.3) is 22.0 Å². The van der Waals surface area contributed by atoms with Gasteiger partial charge in [0.05, 0.1) is 12.4 Å². The molecule has 37 heavy (non-hydrogen) atoms. The zero-order valence-electron chi connectivity index (χ0n) is 20.1. The Balaban J connectivity index is 1.96. The van der Waals surface area contributed by atoms with E-state index < -0.39 is 33.2 Å². The number of aryl methyl sites for hydroxylation is 1. The number of sulfonamides is 1. The summed E-state index contributed by atoms with van der Waals surface area (Å²) in [6.07, 6.45) is 1.48. The number of hydrogen-bond acceptors (Lipinski definition) is 6. The first-order chi connectivity index (χ1) is 17.5. The largest absolute Gasteiger partial charge is 0.461 e. The number of benzene rings is 2. The Morgan fingerprint density at radius 3 is 2.46 bits per heavy atom. The molecule has 0 radical (unpaired) electrons. The van der Waals surface area contributed by atoms with E-state index >= 15 is 0 Å². The number of rotatable bonds is 8. The van der Waals surface area contributed by atoms with E-state index in [1.54, 1.807) is 6.92 Å². The summed E-state index contributed by atoms with van der Waals surface area (Å²) in [6, 6.07) is 8.56. The molecule has 12 heteroatoms. The van der Waals surface area contributed by atoms with E-state index in [1.165, 1.54) is 49.0 Å². The number of pyridine rings is 1. The number of ether oxygens (including phenoxy) is 2. The molecule has 2 aromatic carbocycles. The molecule has 0 spiro atoms. The van der Waals surface area contributed by atoms with Crippen LogP contribution in [0.15, 0.2) is 53.5 Å². The van der Waals surface area contributed by atoms with Gasteiger partial charge in [0.2, 0.25) is 10.0 Å². The highest BCUT2D eigenvalue weighted by molar-refractivity contribution is 7.92. The Morgan fingerprint density at radius 1 is 1.05 bits per heavy atom. The fourth-order valence-corrected chi connectivity index (χ4v) is 4.32. The Bertz CT molecular complexity index is 1680. The topological polar surface area (TPSA) is 119 Å². The monoisotopic (exact) mass is 531 g/mol. The van der Waals surface area contributed by atoms with E-state index in [0.717, 1.165) is 12.1 Å². The van der Waals surface area contributed by atoms with E-state index in [-0.39, 0.29) is 46.3 Å². The summed E-state index contributed by atoms with van der Waals surface area (Å²) in [5, 5.41) is 0.325. The minimum absolute atomic E-state index is 0.0382. The van der Waals surface area contributed by atoms with Crippen LogP contribution in [0, 0.1) is 11.6 Å². The second kappa shape index (κ2) is 10.1. The zero-order chi connectivity index (χ0) is 26.9. The third-order valence-electron chi connectivity index (χ3n) is 5.50. The maximum Gasteiger partial charge on any atom is 0.354 e. The fraction of sp³-hybridized carbons (Fsp3) is 0.200. The molecule has 0 unspecified atom stereocenters. The lowest BCUT2D eigenvalue weighted by Gasteiger charge is -2.16. The van der Waals surface area contributed by atoms with Crippen molar-refractivity contribution in [1.29, 1.82) is 0 Å². The zero-order valence-corrected chi connectivity index (χ0v) is 20.9. The first-order valence-corrected chi connectivity index (χ1v) is 12.9. The quantitative estimate of drug-likeness (QED) is 0.322. The summed E-state index contributed by atoms with van der Waals surface area (Å²) < 4.78 is 66.7. The predicted octanol–water partition coefficient (Wildman–Crippen LogP) is 4.54. The SMILES string of the molecule is CCOC(=O)c1cc2c(-c3cc(NS(=O)(=O)CC)ccc3Oc3ccc(F)cc3F)cn(C)c(=O)c2[nH]1. The first kappa shape index (κ1) is 25.9. The van der Waals surface area contributed by atoms with Crippen molar-refractivity contribution in [2.75, 3.05) is 17.1 Å². The Morgan fingerprint density at radius 2 is 1.78 bits per heavy atom. The van der Waals surface area contributed by atoms with Gasteiger partial charge in [-0.05, 0) is 50.2 Å². The fourth-order valence-electron chi connectivity index (χ4n) is 3.69. The Labute approximate surface area is 210 Å². The number of fused-ring (bicyclic) bond motifs is 1. The van der Waals surface area contributed by atoms with Crippen LogP contribution in [0.1, 0.15) is 24.3 Å². The Hall–Kier alpha value is -4.19. The molecule has 9 nitrogen and oxygen atoms in total. The van der Waals surface area contributed by atoms with Gasteiger partial charge in [0.15, 0.2) is 11.6 Å². The molecule has 0 aliphatic carbocycles. The van der Waals surface area contributed by atoms with Crippen LogP contribution in [-0.2, 0) is 21.8 Å². The number of hydrogen-bond donors (Lipinski definition) is 2. The highest BCUT2D eigenvalue weighted by atomic mass is 32.2. The predicted molar refractivity (Wildman–Crippen MR) is 134 cm³/mol. The average molecular weight is 532 g/mol. The number of aromatic nitrogens is 2. The standard InChI is InChI=1S/C25H23F2N3O6S/c1-4-35-25(32)20-12-17-18(13-30(3)24(31)23(17)28-20)16-11-15(29-37(33,34)5-2)7-9-21(16)36-22-8-6-14(26)10-19(22)27/h6-13,28-29H,4-5H2,1-3H3. The molecular formula is C25H23F2N3O6S. The van der Waals surface area contributed by atoms with Crippen molar-refractivity contribution in [2.45, 2.75) is 13.8 Å². The number of carbonyl (C=O) groups is 1. The molecule has 194 valence electrons. The number of halogens is 2. The molecule has 4 rings (SSSR count). The third kappa shape index (κ3) is 5.33. The summed E-state index contributed by atoms with van der Waals surface area (Å²) in [4.78, 5) is 27.9. The molecular weight excluding hydrogens is 508 g/mol. The molecule has 2 aromatic heterocycles. The highest BCUT2D eigenvalue weighted by Crippen LogP contribution is 2.39. The average Bonchev–Trinajstić information content (AvgIpc) is 3.30. The van der Waals surface area contributed by atoms with Gasteiger partial charge < -0.3 is 19.0 Å². The van der Waals surface area contributed by atoms with E-state index in [1.807, 2.05) is 0 Å². The first-order valence-electron chi connectivity index (χ1n) is 11.2. The summed E-state index contributed by atoms with van der Waals surface area (Å²) in [7, 11) is -2.14. The lowest BCUT2D eigenvalue weighted by Crippen LogP contribution is -2.17. The molecule has 0 aliphatic rings. The van der Waals surface area contributed by atoms with E-state index in [0.29, 0.717) is 17.0 Å². The van der Waals surface area contributed by atoms with Crippen LogP contribution < -0.4 is 15.0 Å². The van der Waals surface area contributed by atoms with Crippen LogP contribution >= 0.6 is 0 Å². The lowest BCUT2D eigenvalue weighted by molar-refractivity contribution is 0.0520. The molecule has 0 aliphatic heterocycles. The number of aromatic amines is 1. The number of H-pyrrole nitrogens is 1. The number of anilines is 1. The molecule has 0 atom stereocenters. The maximum absolute atomic E-state index is 14.4. The van der Waals surface area contributed by atoms with Crippen LogP contribution in [-0.4, -0.2) is 36.3 Å². The van der Waals surface area contributed by atoms with Gasteiger partial charge in [-0.3, -0.25) is 9.52 Å². The molecule has 0 bridgehead atoms. The van der Waals surface area contributed by atoms with Crippen LogP contribution in [0.4, 0.5) is 14.5 Å². The summed E-state index contributed by atoms with van der Waals surface area (Å²) in [6.45, 7) is 3.25. The van der Waals surface area contributed by atoms with Crippen LogP contribution in [0.2, 0.25) is 0 Å². The van der Waals surface area contributed by atoms with Gasteiger partial charge in [0.1, 0.15) is 22.8 Å². The van der Waals surface area contributed by atoms with Gasteiger partial charge in [-0.2, -0.15) is 0 Å². The molecule has 2 N–H and O–H groups in total. The minimum Gasteiger partial charge on any atom is -0.461 e. The minimum atomic E-state index is -3.64. The van der Waals surface area contributed by atoms with Gasteiger partial charge in [-0.15, -0.1) is 0 Å². The van der Waals surface area contributed by atoms with Gasteiger partial charge in [0.25, 0.3) is 5.56 Å². The number of nitrogens with zero attached hydrogens (tertiary/aromatic N) is 1. The molecule has 0 fully saturated rings. The summed E-state index contributed by atoms with van der Waals surface area (Å²) in [5.74, 6) is -2.75. The highest BCUT2D eigenvalue weighted by Gasteiger charge is 2.21. The van der Waals surface area contributed by atoms with Crippen LogP contribution in [0.3, 0.4) is 0 Å². The molecule has 0 saturated heterocycles. The molecule has 4 aromatic rings. The summed E-state index contributed by atoms with van der Waals surface area (Å²) >= 11 is 0. The normalized spacial score (nSPS) is 11.5. The van der Waals surface area contributed by atoms with Gasteiger partial charge in [-0.1, -0.05) is 0 Å². The van der Waals surface area contributed by atoms with Crippen molar-refractivity contribution in [2.24, 2.45) is 7.05 Å². The van der Waals surface area contributed by atoms with Crippen molar-refractivity contribution >= 4 is 32.6 Å². The Kier molecular flexibility index (Phi) is 7.03. The number of carbonyl (C=O) groups excluding carboxylic acids is 1. The van der Waals surface area contributed by atoms with Crippen molar-refractivity contribution < 1.29 is 31.5 Å². The van der Waals surface area contributed by atoms with Gasteiger partial charge in [-0.25, -0.2) is 22.0 Å². The smallest absolute Gasteiger partial charge is 0.354 e. The van der Waals surface area contributed by atoms with Crippen molar-refractivity contribution in [1.82, 2.24) is 9.55 Å². The third-order valence-corrected chi connectivity index (χ3v) is 6.80. The maximum atomic E-state index is 14.4. The van der Waals surface area contributed by atoms with Crippen molar-refractivity contribution in [3.05, 3.63) is 76.3 Å². The number of nitrogens with one attached hydrogen (secondary N) is 2. The lowest BCUT2D eigenvalue weighted by atomic mass is 10.0. The van der Waals surface area contributed by atoms with Crippen molar-refractivity contribution in [3.8, 4) is 22.6 Å². The van der Waals surface area contributed by atoms with Crippen molar-refractivity contribution in [3.63, 3.8) is 0 Å². The van der Waals surface area contributed by atoms with E-state index in [2.05, 4.69) is 9.71 Å². The van der Waals surface area contributed by atoms with Crippen LogP contribution in [0.5, 0.6) is 11.5 Å². The second-order valence-corrected chi connectivity index (χ2v) is 10.1. The molecule has 0 saturated carbocycles. The van der Waals surface area contributed by atoms with E-state index in [4.69, 9.17) is 9.47 Å². The van der Waals surface area contributed by atoms with E-state index in [9.17, 15) is 26.8 Å². The molecule has 2 heterocycles. The van der Waals surface area contributed by atoms with Gasteiger partial charge >= 0.3 is 5.97 Å². The number of esters is 1. The molecule has 0 amide bonds. The summed E-state index contributed by atoms with van der Waals surface area (Å²) in [5.41, 5.74) is 0.544. The second-order valence-electron chi connectivity index (χ2n) is 8.04.